The van der Waals surface area contributed by atoms with Gasteiger partial charge in [0, 0.05) is 31.6 Å². The number of thiazole rings is 1. The van der Waals surface area contributed by atoms with Crippen molar-refractivity contribution in [1.82, 2.24) is 9.88 Å². The second kappa shape index (κ2) is 6.09. The van der Waals surface area contributed by atoms with E-state index in [4.69, 9.17) is 4.74 Å². The highest BCUT2D eigenvalue weighted by Crippen LogP contribution is 2.25. The summed E-state index contributed by atoms with van der Waals surface area (Å²) in [5, 5.41) is 5.19. The molecule has 1 N–H and O–H groups in total. The number of anilines is 1. The van der Waals surface area contributed by atoms with E-state index in [0.717, 1.165) is 33.9 Å². The second-order valence-corrected chi connectivity index (χ2v) is 5.76. The largest absolute Gasteiger partial charge is 0.453 e. The third kappa shape index (κ3) is 3.13. The van der Waals surface area contributed by atoms with Crippen molar-refractivity contribution < 1.29 is 9.53 Å². The molecule has 0 radical (unpaired) electrons. The summed E-state index contributed by atoms with van der Waals surface area (Å²) in [5.74, 6) is 0. The minimum Gasteiger partial charge on any atom is -0.453 e. The number of hydrogen-bond acceptors (Lipinski definition) is 6. The Morgan fingerprint density at radius 1 is 1.38 bits per heavy atom. The van der Waals surface area contributed by atoms with Crippen LogP contribution < -0.4 is 5.43 Å². The average Bonchev–Trinajstić information content (AvgIpc) is 2.95. The zero-order valence-corrected chi connectivity index (χ0v) is 12.5. The van der Waals surface area contributed by atoms with Gasteiger partial charge in [-0.15, -0.1) is 0 Å². The van der Waals surface area contributed by atoms with Gasteiger partial charge in [-0.3, -0.25) is 5.43 Å². The Labute approximate surface area is 126 Å². The molecule has 21 heavy (non-hydrogen) atoms. The molecule has 3 rings (SSSR count). The summed E-state index contributed by atoms with van der Waals surface area (Å²) in [5.41, 5.74) is 5.05. The van der Waals surface area contributed by atoms with Crippen LogP contribution in [0.4, 0.5) is 9.93 Å². The summed E-state index contributed by atoms with van der Waals surface area (Å²) in [4.78, 5) is 17.6. The van der Waals surface area contributed by atoms with Crippen LogP contribution in [-0.2, 0) is 4.74 Å². The molecule has 0 atom stereocenters. The summed E-state index contributed by atoms with van der Waals surface area (Å²) in [6.07, 6.45) is 1.24. The minimum absolute atomic E-state index is 0.270. The number of nitrogens with zero attached hydrogens (tertiary/aromatic N) is 3. The molecule has 0 unspecified atom stereocenters. The maximum absolute atomic E-state index is 11.4. The Bertz CT molecular complexity index is 639. The summed E-state index contributed by atoms with van der Waals surface area (Å²) < 4.78 is 5.85. The number of ether oxygens (including phenoxy) is 1. The smallest absolute Gasteiger partial charge is 0.409 e. The van der Waals surface area contributed by atoms with Gasteiger partial charge < -0.3 is 9.64 Å². The van der Waals surface area contributed by atoms with Crippen LogP contribution in [0.15, 0.2) is 29.4 Å². The van der Waals surface area contributed by atoms with Crippen LogP contribution in [-0.4, -0.2) is 41.9 Å². The van der Waals surface area contributed by atoms with E-state index >= 15 is 0 Å². The standard InChI is InChI=1S/C14H16N4O2S/c1-20-14(19)18-8-6-10(7-9-18)16-17-13-15-11-4-2-3-5-12(11)21-13/h2-5H,6-9H2,1H3,(H,15,17). The molecule has 0 spiro atoms. The lowest BCUT2D eigenvalue weighted by Gasteiger charge is -2.26. The average molecular weight is 304 g/mol. The van der Waals surface area contributed by atoms with Crippen molar-refractivity contribution in [1.29, 1.82) is 0 Å². The number of likely N-dealkylation sites (tertiary alicyclic amines) is 1. The number of carbonyl (C=O) groups excluding carboxylic acids is 1. The van der Waals surface area contributed by atoms with E-state index in [1.807, 2.05) is 24.3 Å². The van der Waals surface area contributed by atoms with Crippen LogP contribution in [0.2, 0.25) is 0 Å². The quantitative estimate of drug-likeness (QED) is 0.866. The molecular formula is C14H16N4O2S. The molecule has 1 amide bonds. The fraction of sp³-hybridized carbons (Fsp3) is 0.357. The van der Waals surface area contributed by atoms with Crippen LogP contribution in [0, 0.1) is 0 Å². The number of nitrogens with one attached hydrogen (secondary N) is 1. The second-order valence-electron chi connectivity index (χ2n) is 4.73. The Hall–Kier alpha value is -2.15. The van der Waals surface area contributed by atoms with Gasteiger partial charge in [0.2, 0.25) is 5.13 Å². The van der Waals surface area contributed by atoms with Crippen molar-refractivity contribution >= 4 is 38.5 Å². The summed E-state index contributed by atoms with van der Waals surface area (Å²) >= 11 is 1.58. The lowest BCUT2D eigenvalue weighted by molar-refractivity contribution is 0.123. The molecule has 0 aliphatic carbocycles. The molecule has 1 aromatic heterocycles. The highest BCUT2D eigenvalue weighted by molar-refractivity contribution is 7.22. The number of fused-ring (bicyclic) bond motifs is 1. The van der Waals surface area contributed by atoms with E-state index in [1.165, 1.54) is 7.11 Å². The van der Waals surface area contributed by atoms with Gasteiger partial charge in [0.05, 0.1) is 17.3 Å². The molecule has 2 heterocycles. The number of para-hydroxylation sites is 1. The highest BCUT2D eigenvalue weighted by atomic mass is 32.1. The third-order valence-corrected chi connectivity index (χ3v) is 4.32. The van der Waals surface area contributed by atoms with Crippen LogP contribution >= 0.6 is 11.3 Å². The van der Waals surface area contributed by atoms with Gasteiger partial charge in [-0.05, 0) is 12.1 Å². The molecule has 1 aromatic carbocycles. The third-order valence-electron chi connectivity index (χ3n) is 3.38. The monoisotopic (exact) mass is 304 g/mol. The molecule has 1 aliphatic heterocycles. The molecule has 1 aliphatic rings. The van der Waals surface area contributed by atoms with Gasteiger partial charge in [0.15, 0.2) is 0 Å². The van der Waals surface area contributed by atoms with Crippen LogP contribution in [0.25, 0.3) is 10.2 Å². The topological polar surface area (TPSA) is 66.8 Å². The first-order valence-corrected chi connectivity index (χ1v) is 7.58. The lowest BCUT2D eigenvalue weighted by Crippen LogP contribution is -2.38. The maximum atomic E-state index is 11.4. The molecule has 1 saturated heterocycles. The van der Waals surface area contributed by atoms with E-state index in [0.29, 0.717) is 13.1 Å². The fourth-order valence-corrected chi connectivity index (χ4v) is 3.04. The van der Waals surface area contributed by atoms with Crippen LogP contribution in [0.1, 0.15) is 12.8 Å². The Morgan fingerprint density at radius 2 is 2.14 bits per heavy atom. The zero-order chi connectivity index (χ0) is 14.7. The first-order valence-electron chi connectivity index (χ1n) is 6.76. The van der Waals surface area contributed by atoms with Crippen molar-refractivity contribution in [2.24, 2.45) is 5.10 Å². The molecular weight excluding hydrogens is 288 g/mol. The van der Waals surface area contributed by atoms with E-state index < -0.39 is 0 Å². The van der Waals surface area contributed by atoms with Crippen LogP contribution in [0.3, 0.4) is 0 Å². The summed E-state index contributed by atoms with van der Waals surface area (Å²) in [6, 6.07) is 8.00. The fourth-order valence-electron chi connectivity index (χ4n) is 2.24. The normalized spacial score (nSPS) is 15.1. The zero-order valence-electron chi connectivity index (χ0n) is 11.7. The van der Waals surface area contributed by atoms with Gasteiger partial charge in [-0.25, -0.2) is 9.78 Å². The predicted molar refractivity (Wildman–Crippen MR) is 83.9 cm³/mol. The first-order chi connectivity index (χ1) is 10.3. The van der Waals surface area contributed by atoms with E-state index in [2.05, 4.69) is 15.5 Å². The number of carbonyl (C=O) groups is 1. The van der Waals surface area contributed by atoms with Crippen molar-refractivity contribution in [3.05, 3.63) is 24.3 Å². The molecule has 0 saturated carbocycles. The minimum atomic E-state index is -0.270. The highest BCUT2D eigenvalue weighted by Gasteiger charge is 2.20. The SMILES string of the molecule is COC(=O)N1CCC(=NNc2nc3ccccc3s2)CC1. The van der Waals surface area contributed by atoms with Gasteiger partial charge in [-0.2, -0.15) is 5.10 Å². The maximum Gasteiger partial charge on any atom is 0.409 e. The molecule has 7 heteroatoms. The number of methoxy groups -OCH3 is 1. The predicted octanol–water partition coefficient (Wildman–Crippen LogP) is 2.93. The number of hydrazone groups is 1. The molecule has 110 valence electrons. The summed E-state index contributed by atoms with van der Waals surface area (Å²) in [7, 11) is 1.40. The first kappa shape index (κ1) is 13.8. The van der Waals surface area contributed by atoms with Gasteiger partial charge in [0.25, 0.3) is 0 Å². The van der Waals surface area contributed by atoms with Crippen molar-refractivity contribution in [2.45, 2.75) is 12.8 Å². The van der Waals surface area contributed by atoms with Crippen LogP contribution in [0.5, 0.6) is 0 Å². The molecule has 1 fully saturated rings. The van der Waals surface area contributed by atoms with E-state index in [1.54, 1.807) is 16.2 Å². The number of piperidine rings is 1. The van der Waals surface area contributed by atoms with E-state index in [-0.39, 0.29) is 6.09 Å². The number of benzene rings is 1. The molecule has 2 aromatic rings. The Morgan fingerprint density at radius 3 is 2.86 bits per heavy atom. The van der Waals surface area contributed by atoms with Crippen molar-refractivity contribution in [3.8, 4) is 0 Å². The Balaban J connectivity index is 1.61. The lowest BCUT2D eigenvalue weighted by atomic mass is 10.1. The van der Waals surface area contributed by atoms with Gasteiger partial charge >= 0.3 is 6.09 Å². The Kier molecular flexibility index (Phi) is 4.01. The van der Waals surface area contributed by atoms with Gasteiger partial charge in [-0.1, -0.05) is 23.5 Å². The number of rotatable bonds is 2. The molecule has 0 bridgehead atoms. The number of hydrogen-bond donors (Lipinski definition) is 1. The number of aromatic nitrogens is 1. The van der Waals surface area contributed by atoms with Crippen molar-refractivity contribution in [2.75, 3.05) is 25.6 Å². The van der Waals surface area contributed by atoms with Gasteiger partial charge in [0.1, 0.15) is 0 Å². The number of amides is 1. The van der Waals surface area contributed by atoms with E-state index in [9.17, 15) is 4.79 Å². The van der Waals surface area contributed by atoms with Crippen molar-refractivity contribution in [3.63, 3.8) is 0 Å². The summed E-state index contributed by atoms with van der Waals surface area (Å²) in [6.45, 7) is 1.29. The molecule has 6 nitrogen and oxygen atoms in total.